The fourth-order valence-electron chi connectivity index (χ4n) is 1.11. The van der Waals surface area contributed by atoms with Gasteiger partial charge in [-0.25, -0.2) is 4.79 Å². The topological polar surface area (TPSA) is 69.6 Å². The second-order valence-corrected chi connectivity index (χ2v) is 6.47. The third-order valence-electron chi connectivity index (χ3n) is 1.89. The first kappa shape index (κ1) is 14.5. The molecule has 0 radical (unpaired) electrons. The van der Waals surface area contributed by atoms with Crippen molar-refractivity contribution in [3.05, 3.63) is 54.6 Å². The van der Waals surface area contributed by atoms with Crippen LogP contribution in [0, 0.1) is 0 Å². The van der Waals surface area contributed by atoms with Crippen molar-refractivity contribution in [1.29, 1.82) is 0 Å². The van der Waals surface area contributed by atoms with Crippen LogP contribution >= 0.6 is 0 Å². The summed E-state index contributed by atoms with van der Waals surface area (Å²) in [6.45, 7) is 0. The quantitative estimate of drug-likeness (QED) is 0.424. The van der Waals surface area contributed by atoms with Crippen LogP contribution in [-0.4, -0.2) is 11.3 Å². The summed E-state index contributed by atoms with van der Waals surface area (Å²) in [5, 5.41) is 18.9. The van der Waals surface area contributed by atoms with E-state index in [1.54, 1.807) is 0 Å². The van der Waals surface area contributed by atoms with E-state index in [9.17, 15) is 9.90 Å². The van der Waals surface area contributed by atoms with Crippen molar-refractivity contribution in [3.63, 3.8) is 0 Å². The van der Waals surface area contributed by atoms with Gasteiger partial charge in [-0.1, -0.05) is 23.9 Å². The molecule has 0 aliphatic carbocycles. The maximum atomic E-state index is 10.8. The Bertz CT molecular complexity index is 499. The monoisotopic (exact) mass is 432 g/mol. The molecule has 0 atom stereocenters. The van der Waals surface area contributed by atoms with Crippen molar-refractivity contribution in [2.45, 2.75) is 0 Å². The van der Waals surface area contributed by atoms with Crippen LogP contribution in [0.5, 0.6) is 11.5 Å². The van der Waals surface area contributed by atoms with Gasteiger partial charge < -0.3 is 14.9 Å². The second-order valence-electron chi connectivity index (χ2n) is 3.30. The molecule has 0 fully saturated rings. The Morgan fingerprint density at radius 2 is 1.61 bits per heavy atom. The predicted octanol–water partition coefficient (Wildman–Crippen LogP) is 1.68. The van der Waals surface area contributed by atoms with Crippen molar-refractivity contribution in [1.82, 2.24) is 0 Å². The molecule has 0 saturated heterocycles. The minimum atomic E-state index is -1.48. The molecule has 0 bridgehead atoms. The summed E-state index contributed by atoms with van der Waals surface area (Å²) in [6, 6.07) is 16.1. The van der Waals surface area contributed by atoms with Crippen molar-refractivity contribution in [2.75, 3.05) is 0 Å². The molecule has 2 aromatic carbocycles. The van der Waals surface area contributed by atoms with Crippen LogP contribution in [0.15, 0.2) is 54.6 Å². The fourth-order valence-corrected chi connectivity index (χ4v) is 2.16. The van der Waals surface area contributed by atoms with Gasteiger partial charge in [0.15, 0.2) is 0 Å². The molecule has 2 rings (SSSR count). The van der Waals surface area contributed by atoms with Crippen LogP contribution in [0.1, 0.15) is 0 Å². The number of hydrogen-bond donors (Lipinski definition) is 1. The van der Waals surface area contributed by atoms with Gasteiger partial charge in [-0.3, -0.25) is 0 Å². The van der Waals surface area contributed by atoms with E-state index in [2.05, 4.69) is 35.1 Å². The zero-order valence-corrected chi connectivity index (χ0v) is 15.1. The average molecular weight is 431 g/mol. The normalized spacial score (nSPS) is 9.00. The number of carboxylic acid groups (broad SMARTS) is 1. The van der Waals surface area contributed by atoms with E-state index in [1.807, 2.05) is 0 Å². The van der Waals surface area contributed by atoms with Crippen LogP contribution < -0.4 is 12.9 Å². The Balaban J connectivity index is 0.000000199. The molecule has 0 unspecified atom stereocenters. The van der Waals surface area contributed by atoms with Gasteiger partial charge >= 0.3 is 65.7 Å². The molecule has 0 spiro atoms. The van der Waals surface area contributed by atoms with Gasteiger partial charge in [0.2, 0.25) is 0 Å². The molecule has 0 aliphatic rings. The van der Waals surface area contributed by atoms with Crippen molar-refractivity contribution < 1.29 is 45.9 Å². The summed E-state index contributed by atoms with van der Waals surface area (Å²) in [7, 11) is 0. The summed E-state index contributed by atoms with van der Waals surface area (Å²) >= 11 is 0.810. The number of rotatable bonds is 1. The number of carbonyl (C=O) groups is 1. The molecule has 4 nitrogen and oxygen atoms in total. The standard InChI is InChI=1S/C7H6O4.C6H5.Hg/c8-5-3-1-2-4-6(5)11-7(9)10;1-2-4-6-5-3-1;/h1-4,8H,(H,9,10);1-5H;/q;;+1/p-1. The third kappa shape index (κ3) is 5.68. The molecule has 0 saturated carbocycles. The Labute approximate surface area is 121 Å². The Kier molecular flexibility index (Phi) is 6.21. The van der Waals surface area contributed by atoms with E-state index in [4.69, 9.17) is 5.11 Å². The Morgan fingerprint density at radius 3 is 2.06 bits per heavy atom. The van der Waals surface area contributed by atoms with Crippen LogP contribution in [0.3, 0.4) is 0 Å². The molecule has 0 aliphatic heterocycles. The summed E-state index contributed by atoms with van der Waals surface area (Å²) < 4.78 is 5.67. The number of ether oxygens (including phenoxy) is 1. The molecule has 5 heteroatoms. The first-order valence-electron chi connectivity index (χ1n) is 5.13. The van der Waals surface area contributed by atoms with Crippen molar-refractivity contribution >= 4 is 9.23 Å². The SMILES string of the molecule is O=C(O)Oc1ccccc1[O-].[Hg+][c]1ccccc1. The zero-order valence-electron chi connectivity index (χ0n) is 9.58. The van der Waals surface area contributed by atoms with Crippen LogP contribution in [0.25, 0.3) is 0 Å². The van der Waals surface area contributed by atoms with Gasteiger partial charge in [-0.2, -0.15) is 0 Å². The number of para-hydroxylation sites is 2. The molecule has 1 N–H and O–H groups in total. The van der Waals surface area contributed by atoms with E-state index in [0.29, 0.717) is 0 Å². The van der Waals surface area contributed by atoms with Gasteiger partial charge in [0.1, 0.15) is 5.75 Å². The molecule has 0 heterocycles. The number of benzene rings is 2. The van der Waals surface area contributed by atoms with Gasteiger partial charge in [-0.15, -0.1) is 0 Å². The van der Waals surface area contributed by atoms with E-state index >= 15 is 0 Å². The molecule has 18 heavy (non-hydrogen) atoms. The van der Waals surface area contributed by atoms with Gasteiger partial charge in [0.05, 0.1) is 0 Å². The summed E-state index contributed by atoms with van der Waals surface area (Å²) in [4.78, 5) is 9.96. The molecule has 0 amide bonds. The predicted molar refractivity (Wildman–Crippen MR) is 60.6 cm³/mol. The van der Waals surface area contributed by atoms with Crippen molar-refractivity contribution in [3.8, 4) is 11.5 Å². The average Bonchev–Trinajstić information content (AvgIpc) is 2.33. The van der Waals surface area contributed by atoms with Gasteiger partial charge in [0, 0.05) is 0 Å². The third-order valence-corrected chi connectivity index (χ3v) is 3.72. The molecular weight excluding hydrogens is 421 g/mol. The maximum absolute atomic E-state index is 10.8. The van der Waals surface area contributed by atoms with Crippen molar-refractivity contribution in [2.24, 2.45) is 0 Å². The zero-order chi connectivity index (χ0) is 13.4. The number of hydrogen-bond acceptors (Lipinski definition) is 3. The molecular formula is C13H10HgO4. The van der Waals surface area contributed by atoms with Gasteiger partial charge in [-0.05, 0) is 6.07 Å². The summed E-state index contributed by atoms with van der Waals surface area (Å²) in [5.41, 5.74) is 0. The summed E-state index contributed by atoms with van der Waals surface area (Å²) in [6.07, 6.45) is -1.48. The summed E-state index contributed by atoms with van der Waals surface area (Å²) in [5.74, 6) is -0.602. The fraction of sp³-hybridized carbons (Fsp3) is 0. The van der Waals surface area contributed by atoms with Crippen LogP contribution in [0.2, 0.25) is 0 Å². The molecule has 2 aromatic rings. The van der Waals surface area contributed by atoms with Gasteiger partial charge in [0.25, 0.3) is 0 Å². The van der Waals surface area contributed by atoms with Crippen LogP contribution in [0.4, 0.5) is 4.79 Å². The Morgan fingerprint density at radius 1 is 1.06 bits per heavy atom. The second kappa shape index (κ2) is 7.71. The molecule has 0 aromatic heterocycles. The van der Waals surface area contributed by atoms with E-state index in [0.717, 1.165) is 26.1 Å². The Hall–Kier alpha value is -1.55. The first-order chi connectivity index (χ1) is 8.59. The molecule has 88 valence electrons. The van der Waals surface area contributed by atoms with E-state index in [-0.39, 0.29) is 5.75 Å². The van der Waals surface area contributed by atoms with E-state index < -0.39 is 11.9 Å². The van der Waals surface area contributed by atoms with Crippen LogP contribution in [-0.2, 0) is 26.1 Å². The first-order valence-corrected chi connectivity index (χ1v) is 7.88. The minimum absolute atomic E-state index is 0.167. The van der Waals surface area contributed by atoms with E-state index in [1.165, 1.54) is 27.3 Å².